The zero-order chi connectivity index (χ0) is 18.3. The molecule has 6 heteroatoms. The molecular weight excluding hydrogens is 396 g/mol. The normalized spacial score (nSPS) is 19.0. The Morgan fingerprint density at radius 3 is 2.81 bits per heavy atom. The van der Waals surface area contributed by atoms with Crippen LogP contribution in [0.25, 0.3) is 0 Å². The third-order valence-electron chi connectivity index (χ3n) is 5.05. The van der Waals surface area contributed by atoms with Crippen molar-refractivity contribution < 1.29 is 14.3 Å². The number of rotatable bonds is 3. The number of halogens is 1. The molecule has 1 unspecified atom stereocenters. The topological polar surface area (TPSA) is 49.9 Å². The van der Waals surface area contributed by atoms with Gasteiger partial charge in [-0.1, -0.05) is 28.1 Å². The molecule has 2 aliphatic rings. The maximum Gasteiger partial charge on any atom is 0.232 e. The Morgan fingerprint density at radius 2 is 2.00 bits per heavy atom. The van der Waals surface area contributed by atoms with Crippen LogP contribution in [0.5, 0.6) is 5.75 Å². The molecule has 134 valence electrons. The molecule has 0 spiro atoms. The van der Waals surface area contributed by atoms with Crippen molar-refractivity contribution in [3.63, 3.8) is 0 Å². The zero-order valence-electron chi connectivity index (χ0n) is 14.4. The van der Waals surface area contributed by atoms with E-state index in [0.29, 0.717) is 18.8 Å². The van der Waals surface area contributed by atoms with E-state index in [1.54, 1.807) is 12.0 Å². The van der Waals surface area contributed by atoms with E-state index in [1.807, 2.05) is 41.3 Å². The smallest absolute Gasteiger partial charge is 0.232 e. The number of fused-ring (bicyclic) bond motifs is 1. The number of carbonyl (C=O) groups is 2. The summed E-state index contributed by atoms with van der Waals surface area (Å²) >= 11 is 3.48. The summed E-state index contributed by atoms with van der Waals surface area (Å²) in [6.07, 6.45) is 1.08. The van der Waals surface area contributed by atoms with Gasteiger partial charge in [-0.25, -0.2) is 0 Å². The van der Waals surface area contributed by atoms with Crippen molar-refractivity contribution in [2.75, 3.05) is 30.0 Å². The molecule has 2 aromatic carbocycles. The first-order valence-electron chi connectivity index (χ1n) is 8.61. The highest BCUT2D eigenvalue weighted by atomic mass is 79.9. The molecule has 2 heterocycles. The van der Waals surface area contributed by atoms with E-state index < -0.39 is 0 Å². The van der Waals surface area contributed by atoms with Crippen LogP contribution >= 0.6 is 15.9 Å². The lowest BCUT2D eigenvalue weighted by atomic mass is 10.1. The fourth-order valence-electron chi connectivity index (χ4n) is 3.78. The fraction of sp³-hybridized carbons (Fsp3) is 0.300. The summed E-state index contributed by atoms with van der Waals surface area (Å²) in [4.78, 5) is 29.1. The Morgan fingerprint density at radius 1 is 1.19 bits per heavy atom. The van der Waals surface area contributed by atoms with E-state index in [1.165, 1.54) is 5.56 Å². The second-order valence-electron chi connectivity index (χ2n) is 6.59. The van der Waals surface area contributed by atoms with Crippen LogP contribution in [0.1, 0.15) is 12.0 Å². The van der Waals surface area contributed by atoms with Gasteiger partial charge in [0.2, 0.25) is 11.8 Å². The number of carbonyl (C=O) groups excluding carboxylic acids is 2. The lowest BCUT2D eigenvalue weighted by molar-refractivity contribution is -0.124. The molecule has 2 amide bonds. The van der Waals surface area contributed by atoms with Crippen LogP contribution in [0.4, 0.5) is 11.4 Å². The number of nitrogens with zero attached hydrogens (tertiary/aromatic N) is 2. The molecule has 4 rings (SSSR count). The molecule has 1 saturated heterocycles. The predicted molar refractivity (Wildman–Crippen MR) is 104 cm³/mol. The SMILES string of the molecule is COc1ccccc1N1CC(C(=O)N2CCc3cc(Br)ccc32)CC1=O. The molecular formula is C20H19BrN2O3. The van der Waals surface area contributed by atoms with E-state index in [4.69, 9.17) is 4.74 Å². The molecule has 0 N–H and O–H groups in total. The van der Waals surface area contributed by atoms with Crippen molar-refractivity contribution in [3.05, 3.63) is 52.5 Å². The highest BCUT2D eigenvalue weighted by Crippen LogP contribution is 2.36. The van der Waals surface area contributed by atoms with Crippen LogP contribution in [0, 0.1) is 5.92 Å². The molecule has 0 aliphatic carbocycles. The van der Waals surface area contributed by atoms with Gasteiger partial charge in [0.05, 0.1) is 18.7 Å². The van der Waals surface area contributed by atoms with Crippen LogP contribution in [0.3, 0.4) is 0 Å². The summed E-state index contributed by atoms with van der Waals surface area (Å²) in [5.41, 5.74) is 2.85. The first-order valence-corrected chi connectivity index (χ1v) is 9.41. The average Bonchev–Trinajstić information content (AvgIpc) is 3.24. The summed E-state index contributed by atoms with van der Waals surface area (Å²) < 4.78 is 6.38. The Balaban J connectivity index is 1.56. The van der Waals surface area contributed by atoms with Gasteiger partial charge in [0.25, 0.3) is 0 Å². The molecule has 0 bridgehead atoms. The number of para-hydroxylation sites is 2. The Kier molecular flexibility index (Phi) is 4.44. The first kappa shape index (κ1) is 17.1. The zero-order valence-corrected chi connectivity index (χ0v) is 16.0. The van der Waals surface area contributed by atoms with E-state index in [9.17, 15) is 9.59 Å². The van der Waals surface area contributed by atoms with E-state index >= 15 is 0 Å². The van der Waals surface area contributed by atoms with Gasteiger partial charge in [-0.15, -0.1) is 0 Å². The van der Waals surface area contributed by atoms with Crippen molar-refractivity contribution in [2.45, 2.75) is 12.8 Å². The van der Waals surface area contributed by atoms with Gasteiger partial charge in [-0.05, 0) is 42.3 Å². The lowest BCUT2D eigenvalue weighted by Crippen LogP contribution is -2.36. The Hall–Kier alpha value is -2.34. The number of methoxy groups -OCH3 is 1. The molecule has 1 fully saturated rings. The number of ether oxygens (including phenoxy) is 1. The number of hydrogen-bond acceptors (Lipinski definition) is 3. The van der Waals surface area contributed by atoms with Crippen molar-refractivity contribution in [3.8, 4) is 5.75 Å². The Bertz CT molecular complexity index is 883. The number of amides is 2. The van der Waals surface area contributed by atoms with Gasteiger partial charge in [0.1, 0.15) is 5.75 Å². The fourth-order valence-corrected chi connectivity index (χ4v) is 4.19. The third-order valence-corrected chi connectivity index (χ3v) is 5.55. The van der Waals surface area contributed by atoms with Gasteiger partial charge in [0.15, 0.2) is 0 Å². The number of anilines is 2. The molecule has 2 aromatic rings. The van der Waals surface area contributed by atoms with Gasteiger partial charge in [-0.2, -0.15) is 0 Å². The van der Waals surface area contributed by atoms with Crippen molar-refractivity contribution in [2.24, 2.45) is 5.92 Å². The van der Waals surface area contributed by atoms with Crippen LogP contribution in [0.15, 0.2) is 46.9 Å². The minimum atomic E-state index is -0.331. The summed E-state index contributed by atoms with van der Waals surface area (Å²) in [7, 11) is 1.58. The van der Waals surface area contributed by atoms with E-state index in [0.717, 1.165) is 22.3 Å². The molecule has 2 aliphatic heterocycles. The predicted octanol–water partition coefficient (Wildman–Crippen LogP) is 3.40. The van der Waals surface area contributed by atoms with Crippen LogP contribution in [0.2, 0.25) is 0 Å². The van der Waals surface area contributed by atoms with Crippen molar-refractivity contribution >= 4 is 39.1 Å². The second kappa shape index (κ2) is 6.76. The highest BCUT2D eigenvalue weighted by Gasteiger charge is 2.39. The maximum absolute atomic E-state index is 13.1. The van der Waals surface area contributed by atoms with Crippen molar-refractivity contribution in [1.82, 2.24) is 0 Å². The van der Waals surface area contributed by atoms with E-state index in [2.05, 4.69) is 22.0 Å². The minimum absolute atomic E-state index is 0.0248. The standard InChI is InChI=1S/C20H19BrN2O3/c1-26-18-5-3-2-4-17(18)23-12-14(11-19(23)24)20(25)22-9-8-13-10-15(21)6-7-16(13)22/h2-7,10,14H,8-9,11-12H2,1H3. The summed E-state index contributed by atoms with van der Waals surface area (Å²) in [6.45, 7) is 1.06. The first-order chi connectivity index (χ1) is 12.6. The quantitative estimate of drug-likeness (QED) is 0.772. The molecule has 0 saturated carbocycles. The average molecular weight is 415 g/mol. The molecule has 1 atom stereocenters. The summed E-state index contributed by atoms with van der Waals surface area (Å²) in [5.74, 6) is 0.298. The molecule has 0 aromatic heterocycles. The van der Waals surface area contributed by atoms with Crippen LogP contribution < -0.4 is 14.5 Å². The molecule has 0 radical (unpaired) electrons. The van der Waals surface area contributed by atoms with Crippen LogP contribution in [-0.4, -0.2) is 32.0 Å². The maximum atomic E-state index is 13.1. The summed E-state index contributed by atoms with van der Waals surface area (Å²) in [6, 6.07) is 13.4. The third kappa shape index (κ3) is 2.88. The largest absolute Gasteiger partial charge is 0.495 e. The van der Waals surface area contributed by atoms with Gasteiger partial charge < -0.3 is 14.5 Å². The number of hydrogen-bond donors (Lipinski definition) is 0. The second-order valence-corrected chi connectivity index (χ2v) is 7.51. The van der Waals surface area contributed by atoms with Gasteiger partial charge in [-0.3, -0.25) is 9.59 Å². The molecule has 26 heavy (non-hydrogen) atoms. The van der Waals surface area contributed by atoms with Gasteiger partial charge in [0, 0.05) is 29.7 Å². The van der Waals surface area contributed by atoms with Crippen LogP contribution in [-0.2, 0) is 16.0 Å². The van der Waals surface area contributed by atoms with Gasteiger partial charge >= 0.3 is 0 Å². The highest BCUT2D eigenvalue weighted by molar-refractivity contribution is 9.10. The van der Waals surface area contributed by atoms with Crippen molar-refractivity contribution in [1.29, 1.82) is 0 Å². The minimum Gasteiger partial charge on any atom is -0.495 e. The molecule has 5 nitrogen and oxygen atoms in total. The monoisotopic (exact) mass is 414 g/mol. The lowest BCUT2D eigenvalue weighted by Gasteiger charge is -2.22. The Labute approximate surface area is 160 Å². The number of benzene rings is 2. The van der Waals surface area contributed by atoms with E-state index in [-0.39, 0.29) is 24.2 Å². The summed E-state index contributed by atoms with van der Waals surface area (Å²) in [5, 5.41) is 0.